The van der Waals surface area contributed by atoms with Crippen molar-refractivity contribution in [2.24, 2.45) is 0 Å². The summed E-state index contributed by atoms with van der Waals surface area (Å²) in [5.74, 6) is 0.334. The number of sulfonamides is 1. The first-order valence-corrected chi connectivity index (χ1v) is 8.73. The lowest BCUT2D eigenvalue weighted by atomic mass is 10.0. The molecule has 1 aromatic carbocycles. The summed E-state index contributed by atoms with van der Waals surface area (Å²) in [7, 11) is -3.38. The fraction of sp³-hybridized carbons (Fsp3) is 0.571. The van der Waals surface area contributed by atoms with Crippen LogP contribution in [0.2, 0.25) is 0 Å². The molecule has 1 fully saturated rings. The Morgan fingerprint density at radius 1 is 1.37 bits per heavy atom. The lowest BCUT2D eigenvalue weighted by Crippen LogP contribution is -2.43. The fourth-order valence-electron chi connectivity index (χ4n) is 2.62. The predicted octanol–water partition coefficient (Wildman–Crippen LogP) is 3.38. The first-order valence-electron chi connectivity index (χ1n) is 6.76. The average molecular weight is 302 g/mol. The van der Waals surface area contributed by atoms with E-state index in [0.29, 0.717) is 17.3 Å². The summed E-state index contributed by atoms with van der Waals surface area (Å²) in [6.45, 7) is 2.68. The second-order valence-corrected chi connectivity index (χ2v) is 7.11. The second kappa shape index (κ2) is 6.25. The lowest BCUT2D eigenvalue weighted by Gasteiger charge is -2.34. The van der Waals surface area contributed by atoms with Crippen LogP contribution in [0.25, 0.3) is 0 Å². The van der Waals surface area contributed by atoms with Gasteiger partial charge >= 0.3 is 0 Å². The van der Waals surface area contributed by atoms with Gasteiger partial charge in [-0.1, -0.05) is 25.5 Å². The van der Waals surface area contributed by atoms with Gasteiger partial charge in [0.2, 0.25) is 10.0 Å². The molecule has 3 nitrogen and oxygen atoms in total. The van der Waals surface area contributed by atoms with Crippen LogP contribution >= 0.6 is 11.6 Å². The van der Waals surface area contributed by atoms with Crippen LogP contribution in [0, 0.1) is 0 Å². The van der Waals surface area contributed by atoms with Gasteiger partial charge in [0, 0.05) is 18.5 Å². The molecule has 1 aromatic rings. The number of benzene rings is 1. The van der Waals surface area contributed by atoms with Crippen LogP contribution in [0.15, 0.2) is 29.2 Å². The highest BCUT2D eigenvalue weighted by molar-refractivity contribution is 7.89. The van der Waals surface area contributed by atoms with Crippen molar-refractivity contribution in [2.45, 2.75) is 49.4 Å². The fourth-order valence-corrected chi connectivity index (χ4v) is 4.63. The van der Waals surface area contributed by atoms with E-state index in [-0.39, 0.29) is 6.04 Å². The smallest absolute Gasteiger partial charge is 0.207 e. The molecule has 0 saturated carbocycles. The zero-order valence-corrected chi connectivity index (χ0v) is 12.8. The van der Waals surface area contributed by atoms with Crippen LogP contribution in [0.4, 0.5) is 0 Å². The van der Waals surface area contributed by atoms with E-state index in [1.165, 1.54) is 0 Å². The minimum atomic E-state index is -3.38. The molecule has 1 saturated heterocycles. The molecule has 0 radical (unpaired) electrons. The Morgan fingerprint density at radius 2 is 2.16 bits per heavy atom. The van der Waals surface area contributed by atoms with E-state index in [1.54, 1.807) is 22.5 Å². The van der Waals surface area contributed by atoms with Crippen molar-refractivity contribution in [1.29, 1.82) is 0 Å². The summed E-state index contributed by atoms with van der Waals surface area (Å²) in [5, 5.41) is 0. The summed E-state index contributed by atoms with van der Waals surface area (Å²) in [6.07, 6.45) is 3.90. The Bertz CT molecular complexity index is 530. The molecule has 5 heteroatoms. The number of nitrogens with zero attached hydrogens (tertiary/aromatic N) is 1. The van der Waals surface area contributed by atoms with Crippen LogP contribution in [0.3, 0.4) is 0 Å². The number of alkyl halides is 1. The van der Waals surface area contributed by atoms with Gasteiger partial charge in [-0.2, -0.15) is 4.31 Å². The monoisotopic (exact) mass is 301 g/mol. The zero-order valence-electron chi connectivity index (χ0n) is 11.2. The summed E-state index contributed by atoms with van der Waals surface area (Å²) in [5.41, 5.74) is 0.841. The molecule has 0 spiro atoms. The summed E-state index contributed by atoms with van der Waals surface area (Å²) >= 11 is 5.78. The van der Waals surface area contributed by atoms with Gasteiger partial charge in [-0.05, 0) is 37.0 Å². The molecule has 2 rings (SSSR count). The highest BCUT2D eigenvalue weighted by Crippen LogP contribution is 2.27. The van der Waals surface area contributed by atoms with Crippen molar-refractivity contribution in [2.75, 3.05) is 6.54 Å². The van der Waals surface area contributed by atoms with Crippen molar-refractivity contribution in [3.05, 3.63) is 29.8 Å². The molecule has 0 amide bonds. The number of piperidine rings is 1. The zero-order chi connectivity index (χ0) is 13.9. The average Bonchev–Trinajstić information content (AvgIpc) is 2.47. The van der Waals surface area contributed by atoms with E-state index in [9.17, 15) is 8.42 Å². The molecule has 0 aliphatic carbocycles. The maximum Gasteiger partial charge on any atom is 0.243 e. The first-order chi connectivity index (χ1) is 9.09. The van der Waals surface area contributed by atoms with Crippen LogP contribution < -0.4 is 0 Å². The van der Waals surface area contributed by atoms with Crippen LogP contribution in [0.1, 0.15) is 38.2 Å². The van der Waals surface area contributed by atoms with Crippen molar-refractivity contribution in [3.63, 3.8) is 0 Å². The van der Waals surface area contributed by atoms with Gasteiger partial charge in [0.1, 0.15) is 0 Å². The summed E-state index contributed by atoms with van der Waals surface area (Å²) in [6, 6.07) is 7.09. The molecule has 19 heavy (non-hydrogen) atoms. The molecule has 1 heterocycles. The maximum atomic E-state index is 12.7. The van der Waals surface area contributed by atoms with E-state index >= 15 is 0 Å². The van der Waals surface area contributed by atoms with Crippen molar-refractivity contribution < 1.29 is 8.42 Å². The van der Waals surface area contributed by atoms with Crippen molar-refractivity contribution in [1.82, 2.24) is 4.31 Å². The molecule has 1 aliphatic rings. The van der Waals surface area contributed by atoms with Gasteiger partial charge in [0.15, 0.2) is 0 Å². The van der Waals surface area contributed by atoms with Gasteiger partial charge in [-0.25, -0.2) is 8.42 Å². The third kappa shape index (κ3) is 3.12. The Hall–Kier alpha value is -0.580. The standard InChI is InChI=1S/C14H20ClNO2S/c1-2-13-7-3-4-9-16(13)19(17,18)14-8-5-6-12(10-14)11-15/h5-6,8,10,13H,2-4,7,9,11H2,1H3. The quantitative estimate of drug-likeness (QED) is 0.800. The third-order valence-electron chi connectivity index (χ3n) is 3.70. The van der Waals surface area contributed by atoms with E-state index in [0.717, 1.165) is 31.2 Å². The van der Waals surface area contributed by atoms with Crippen molar-refractivity contribution in [3.8, 4) is 0 Å². The molecule has 1 atom stereocenters. The van der Waals surface area contributed by atoms with E-state index in [4.69, 9.17) is 11.6 Å². The molecule has 1 aliphatic heterocycles. The van der Waals surface area contributed by atoms with Crippen LogP contribution in [-0.2, 0) is 15.9 Å². The van der Waals surface area contributed by atoms with Gasteiger partial charge < -0.3 is 0 Å². The van der Waals surface area contributed by atoms with Crippen LogP contribution in [0.5, 0.6) is 0 Å². The van der Waals surface area contributed by atoms with Gasteiger partial charge in [-0.3, -0.25) is 0 Å². The molecule has 1 unspecified atom stereocenters. The lowest BCUT2D eigenvalue weighted by molar-refractivity contribution is 0.246. The minimum absolute atomic E-state index is 0.137. The second-order valence-electron chi connectivity index (χ2n) is 4.95. The summed E-state index contributed by atoms with van der Waals surface area (Å²) < 4.78 is 27.1. The van der Waals surface area contributed by atoms with Gasteiger partial charge in [0.05, 0.1) is 4.90 Å². The summed E-state index contributed by atoms with van der Waals surface area (Å²) in [4.78, 5) is 0.367. The highest BCUT2D eigenvalue weighted by atomic mass is 35.5. The Kier molecular flexibility index (Phi) is 4.87. The minimum Gasteiger partial charge on any atom is -0.207 e. The van der Waals surface area contributed by atoms with E-state index in [1.807, 2.05) is 13.0 Å². The van der Waals surface area contributed by atoms with Crippen molar-refractivity contribution >= 4 is 21.6 Å². The number of hydrogen-bond donors (Lipinski definition) is 0. The normalized spacial score (nSPS) is 21.5. The Balaban J connectivity index is 2.34. The molecule has 0 bridgehead atoms. The van der Waals surface area contributed by atoms with Gasteiger partial charge in [0.25, 0.3) is 0 Å². The first kappa shape index (κ1) is 14.8. The largest absolute Gasteiger partial charge is 0.243 e. The SMILES string of the molecule is CCC1CCCCN1S(=O)(=O)c1cccc(CCl)c1. The van der Waals surface area contributed by atoms with Gasteiger partial charge in [-0.15, -0.1) is 11.6 Å². The Morgan fingerprint density at radius 3 is 2.84 bits per heavy atom. The molecule has 106 valence electrons. The number of rotatable bonds is 4. The third-order valence-corrected chi connectivity index (χ3v) is 5.96. The van der Waals surface area contributed by atoms with E-state index in [2.05, 4.69) is 0 Å². The number of hydrogen-bond acceptors (Lipinski definition) is 2. The molecular formula is C14H20ClNO2S. The molecular weight excluding hydrogens is 282 g/mol. The number of halogens is 1. The Labute approximate surface area is 120 Å². The molecule has 0 aromatic heterocycles. The topological polar surface area (TPSA) is 37.4 Å². The predicted molar refractivity (Wildman–Crippen MR) is 77.8 cm³/mol. The van der Waals surface area contributed by atoms with Crippen LogP contribution in [-0.4, -0.2) is 25.3 Å². The maximum absolute atomic E-state index is 12.7. The highest BCUT2D eigenvalue weighted by Gasteiger charge is 2.32. The molecule has 0 N–H and O–H groups in total. The van der Waals surface area contributed by atoms with E-state index < -0.39 is 10.0 Å².